The molecule has 3 rings (SSSR count). The van der Waals surface area contributed by atoms with Crippen molar-refractivity contribution in [3.63, 3.8) is 0 Å². The van der Waals surface area contributed by atoms with Gasteiger partial charge in [0.05, 0.1) is 22.7 Å². The van der Waals surface area contributed by atoms with Crippen LogP contribution in [0.1, 0.15) is 9.67 Å². The minimum atomic E-state index is -0.309. The second kappa shape index (κ2) is 6.98. The van der Waals surface area contributed by atoms with E-state index in [0.29, 0.717) is 4.88 Å². The Morgan fingerprint density at radius 3 is 2.52 bits per heavy atom. The van der Waals surface area contributed by atoms with E-state index in [1.165, 1.54) is 18.4 Å². The Balaban J connectivity index is 2.05. The van der Waals surface area contributed by atoms with Crippen LogP contribution >= 0.6 is 23.1 Å². The monoisotopic (exact) mass is 341 g/mol. The van der Waals surface area contributed by atoms with E-state index in [1.54, 1.807) is 11.8 Å². The summed E-state index contributed by atoms with van der Waals surface area (Å²) < 4.78 is 5.88. The molecule has 0 spiro atoms. The second-order valence-electron chi connectivity index (χ2n) is 4.78. The number of esters is 1. The Morgan fingerprint density at radius 2 is 1.83 bits per heavy atom. The van der Waals surface area contributed by atoms with E-state index in [2.05, 4.69) is 0 Å². The number of methoxy groups -OCH3 is 1. The van der Waals surface area contributed by atoms with E-state index in [1.807, 2.05) is 60.9 Å². The fraction of sp³-hybridized carbons (Fsp3) is 0.111. The molecule has 0 bridgehead atoms. The van der Waals surface area contributed by atoms with E-state index in [4.69, 9.17) is 9.72 Å². The van der Waals surface area contributed by atoms with Gasteiger partial charge in [0.1, 0.15) is 4.88 Å². The van der Waals surface area contributed by atoms with Crippen LogP contribution in [0.25, 0.3) is 22.5 Å². The predicted molar refractivity (Wildman–Crippen MR) is 96.1 cm³/mol. The molecular weight excluding hydrogens is 326 g/mol. The first-order valence-electron chi connectivity index (χ1n) is 7.02. The van der Waals surface area contributed by atoms with E-state index >= 15 is 0 Å². The number of hydrogen-bond donors (Lipinski definition) is 0. The largest absolute Gasteiger partial charge is 0.465 e. The van der Waals surface area contributed by atoms with E-state index in [0.717, 1.165) is 26.7 Å². The van der Waals surface area contributed by atoms with Gasteiger partial charge in [0.2, 0.25) is 0 Å². The van der Waals surface area contributed by atoms with Gasteiger partial charge in [0.15, 0.2) is 0 Å². The van der Waals surface area contributed by atoms with Gasteiger partial charge in [-0.15, -0.1) is 23.1 Å². The maximum Gasteiger partial charge on any atom is 0.348 e. The Bertz CT molecular complexity index is 828. The molecule has 1 aromatic carbocycles. The Morgan fingerprint density at radius 1 is 1.09 bits per heavy atom. The highest BCUT2D eigenvalue weighted by atomic mass is 32.2. The summed E-state index contributed by atoms with van der Waals surface area (Å²) in [6.07, 6.45) is 2.00. The van der Waals surface area contributed by atoms with Crippen LogP contribution in [0, 0.1) is 0 Å². The van der Waals surface area contributed by atoms with Crippen molar-refractivity contribution in [2.45, 2.75) is 4.21 Å². The molecule has 2 aromatic heterocycles. The zero-order valence-electron chi connectivity index (χ0n) is 12.8. The highest BCUT2D eigenvalue weighted by Gasteiger charge is 2.17. The summed E-state index contributed by atoms with van der Waals surface area (Å²) in [4.78, 5) is 17.1. The van der Waals surface area contributed by atoms with Gasteiger partial charge in [-0.1, -0.05) is 36.4 Å². The van der Waals surface area contributed by atoms with Crippen molar-refractivity contribution in [2.75, 3.05) is 13.4 Å². The van der Waals surface area contributed by atoms with Crippen LogP contribution in [-0.4, -0.2) is 24.3 Å². The summed E-state index contributed by atoms with van der Waals surface area (Å²) in [7, 11) is 1.40. The molecule has 0 aliphatic carbocycles. The van der Waals surface area contributed by atoms with Gasteiger partial charge in [0.25, 0.3) is 0 Å². The molecule has 3 nitrogen and oxygen atoms in total. The average molecular weight is 341 g/mol. The summed E-state index contributed by atoms with van der Waals surface area (Å²) in [5, 5.41) is 0. The van der Waals surface area contributed by atoms with Crippen LogP contribution in [0.2, 0.25) is 0 Å². The second-order valence-corrected chi connectivity index (χ2v) is 6.91. The van der Waals surface area contributed by atoms with Crippen molar-refractivity contribution in [1.29, 1.82) is 0 Å². The highest BCUT2D eigenvalue weighted by molar-refractivity contribution is 8.00. The molecule has 0 amide bonds. The maximum atomic E-state index is 11.8. The van der Waals surface area contributed by atoms with Crippen LogP contribution in [-0.2, 0) is 4.74 Å². The fourth-order valence-corrected chi connectivity index (χ4v) is 4.06. The quantitative estimate of drug-likeness (QED) is 0.495. The lowest BCUT2D eigenvalue weighted by Crippen LogP contribution is -1.97. The summed E-state index contributed by atoms with van der Waals surface area (Å²) >= 11 is 3.05. The molecule has 0 fully saturated rings. The summed E-state index contributed by atoms with van der Waals surface area (Å²) in [6, 6.07) is 17.9. The first-order chi connectivity index (χ1) is 11.2. The molecule has 0 saturated carbocycles. The van der Waals surface area contributed by atoms with Crippen molar-refractivity contribution >= 4 is 29.1 Å². The van der Waals surface area contributed by atoms with Crippen molar-refractivity contribution in [3.8, 4) is 22.5 Å². The number of hydrogen-bond acceptors (Lipinski definition) is 5. The Kier molecular flexibility index (Phi) is 4.79. The molecule has 0 aliphatic rings. The molecule has 0 saturated heterocycles. The zero-order chi connectivity index (χ0) is 16.2. The number of carbonyl (C=O) groups excluding carboxylic acids is 1. The molecule has 5 heteroatoms. The third-order valence-electron chi connectivity index (χ3n) is 3.36. The normalized spacial score (nSPS) is 10.5. The SMILES string of the molecule is COC(=O)c1cc(-c2cccc(-c3ccccc3)n2)c(SC)s1. The van der Waals surface area contributed by atoms with Gasteiger partial charge in [-0.2, -0.15) is 0 Å². The predicted octanol–water partition coefficient (Wildman–Crippen LogP) is 4.99. The smallest absolute Gasteiger partial charge is 0.348 e. The number of pyridine rings is 1. The van der Waals surface area contributed by atoms with Crippen LogP contribution in [0.3, 0.4) is 0 Å². The first kappa shape index (κ1) is 15.8. The van der Waals surface area contributed by atoms with Crippen LogP contribution in [0.4, 0.5) is 0 Å². The number of thioether (sulfide) groups is 1. The number of rotatable bonds is 4. The lowest BCUT2D eigenvalue weighted by Gasteiger charge is -2.05. The number of aromatic nitrogens is 1. The van der Waals surface area contributed by atoms with Crippen LogP contribution in [0.5, 0.6) is 0 Å². The van der Waals surface area contributed by atoms with E-state index < -0.39 is 0 Å². The molecule has 23 heavy (non-hydrogen) atoms. The number of ether oxygens (including phenoxy) is 1. The molecule has 0 unspecified atom stereocenters. The third kappa shape index (κ3) is 3.30. The van der Waals surface area contributed by atoms with Gasteiger partial charge >= 0.3 is 5.97 Å². The van der Waals surface area contributed by atoms with Crippen LogP contribution < -0.4 is 0 Å². The fourth-order valence-electron chi connectivity index (χ4n) is 2.26. The van der Waals surface area contributed by atoms with Crippen molar-refractivity contribution in [1.82, 2.24) is 4.98 Å². The molecule has 0 aliphatic heterocycles. The molecule has 0 N–H and O–H groups in total. The first-order valence-corrected chi connectivity index (χ1v) is 9.06. The number of nitrogens with zero attached hydrogens (tertiary/aromatic N) is 1. The van der Waals surface area contributed by atoms with E-state index in [-0.39, 0.29) is 5.97 Å². The third-order valence-corrected chi connectivity index (χ3v) is 5.62. The minimum Gasteiger partial charge on any atom is -0.465 e. The van der Waals surface area contributed by atoms with Gasteiger partial charge in [0, 0.05) is 11.1 Å². The lowest BCUT2D eigenvalue weighted by molar-refractivity contribution is 0.0606. The number of benzene rings is 1. The molecule has 0 radical (unpaired) electrons. The Labute approximate surface area is 143 Å². The summed E-state index contributed by atoms with van der Waals surface area (Å²) in [5.74, 6) is -0.309. The van der Waals surface area contributed by atoms with Crippen LogP contribution in [0.15, 0.2) is 58.8 Å². The van der Waals surface area contributed by atoms with Gasteiger partial charge in [-0.25, -0.2) is 9.78 Å². The number of thiophene rings is 1. The standard InChI is InChI=1S/C18H15NO2S2/c1-21-17(20)16-11-13(18(22-2)23-16)15-10-6-9-14(19-15)12-7-4-3-5-8-12/h3-11H,1-2H3. The zero-order valence-corrected chi connectivity index (χ0v) is 14.4. The van der Waals surface area contributed by atoms with Crippen molar-refractivity contribution in [3.05, 3.63) is 59.5 Å². The topological polar surface area (TPSA) is 39.2 Å². The number of carbonyl (C=O) groups is 1. The minimum absolute atomic E-state index is 0.309. The average Bonchev–Trinajstić information content (AvgIpc) is 3.06. The molecular formula is C18H15NO2S2. The Hall–Kier alpha value is -2.11. The molecule has 3 aromatic rings. The summed E-state index contributed by atoms with van der Waals surface area (Å²) in [6.45, 7) is 0. The molecule has 116 valence electrons. The van der Waals surface area contributed by atoms with Gasteiger partial charge in [-0.3, -0.25) is 0 Å². The van der Waals surface area contributed by atoms with Gasteiger partial charge < -0.3 is 4.74 Å². The van der Waals surface area contributed by atoms with Gasteiger partial charge in [-0.05, 0) is 24.5 Å². The highest BCUT2D eigenvalue weighted by Crippen LogP contribution is 2.37. The maximum absolute atomic E-state index is 11.8. The van der Waals surface area contributed by atoms with Crippen molar-refractivity contribution < 1.29 is 9.53 Å². The van der Waals surface area contributed by atoms with Crippen molar-refractivity contribution in [2.24, 2.45) is 0 Å². The summed E-state index contributed by atoms with van der Waals surface area (Å²) in [5.41, 5.74) is 3.83. The van der Waals surface area contributed by atoms with E-state index in [9.17, 15) is 4.79 Å². The molecule has 0 atom stereocenters. The molecule has 2 heterocycles. The lowest BCUT2D eigenvalue weighted by atomic mass is 10.1.